The Bertz CT molecular complexity index is 482. The van der Waals surface area contributed by atoms with E-state index in [0.29, 0.717) is 5.69 Å². The second-order valence-electron chi connectivity index (χ2n) is 4.74. The third-order valence-electron chi connectivity index (χ3n) is 3.28. The van der Waals surface area contributed by atoms with E-state index in [1.807, 2.05) is 0 Å². The number of carboxylic acids is 1. The average molecular weight is 305 g/mol. The zero-order valence-corrected chi connectivity index (χ0v) is 13.8. The first-order valence-electron chi connectivity index (χ1n) is 6.17. The van der Waals surface area contributed by atoms with Crippen molar-refractivity contribution in [2.45, 2.75) is 37.6 Å². The van der Waals surface area contributed by atoms with Gasteiger partial charge in [-0.25, -0.2) is 0 Å². The van der Waals surface area contributed by atoms with Crippen LogP contribution in [0.5, 0.6) is 0 Å². The molecule has 0 amide bonds. The Morgan fingerprint density at radius 2 is 1.71 bits per heavy atom. The zero-order valence-electron chi connectivity index (χ0n) is 11.8. The number of hydrogen-bond acceptors (Lipinski definition) is 7. The first kappa shape index (κ1) is 18.4. The number of aliphatic hydroxyl groups is 3. The van der Waals surface area contributed by atoms with E-state index < -0.39 is 36.6 Å². The number of aromatic carboxylic acids is 1. The van der Waals surface area contributed by atoms with Gasteiger partial charge in [0.15, 0.2) is 6.23 Å². The first-order chi connectivity index (χ1) is 9.40. The molecular weight excluding hydrogens is 289 g/mol. The van der Waals surface area contributed by atoms with Crippen molar-refractivity contribution in [2.24, 2.45) is 0 Å². The van der Waals surface area contributed by atoms with Crippen LogP contribution in [0.15, 0.2) is 24.3 Å². The average Bonchev–Trinajstić information content (AvgIpc) is 2.43. The van der Waals surface area contributed by atoms with Gasteiger partial charge in [0.1, 0.15) is 18.3 Å². The summed E-state index contributed by atoms with van der Waals surface area (Å²) in [6.07, 6.45) is -5.34. The number of carboxylic acid groups (broad SMARTS) is 1. The van der Waals surface area contributed by atoms with Crippen molar-refractivity contribution >= 4 is 11.7 Å². The summed E-state index contributed by atoms with van der Waals surface area (Å²) < 4.78 is 5.36. The molecule has 1 aromatic carbocycles. The number of carbonyl (C=O) groups excluding carboxylic acids is 1. The molecule has 4 N–H and O–H groups in total. The Morgan fingerprint density at radius 1 is 1.14 bits per heavy atom. The predicted octanol–water partition coefficient (Wildman–Crippen LogP) is -4.71. The topological polar surface area (TPSA) is 122 Å². The minimum atomic E-state index is -1.32. The maximum Gasteiger partial charge on any atom is 1.00 e. The van der Waals surface area contributed by atoms with Crippen LogP contribution in [-0.4, -0.2) is 51.9 Å². The molecule has 1 aliphatic heterocycles. The molecule has 1 fully saturated rings. The number of hydrogen-bond donors (Lipinski definition) is 4. The molecule has 1 aromatic rings. The SMILES string of the molecule is C[C@@H]1OC(Nc2ccc(C(=O)[O-])cc2)[C@H](O)[C@H](O)[C@H]1O.[Na+]. The Morgan fingerprint density at radius 3 is 2.24 bits per heavy atom. The second kappa shape index (κ2) is 7.55. The summed E-state index contributed by atoms with van der Waals surface area (Å²) in [6.45, 7) is 1.58. The predicted molar refractivity (Wildman–Crippen MR) is 66.8 cm³/mol. The zero-order chi connectivity index (χ0) is 14.9. The van der Waals surface area contributed by atoms with E-state index in [9.17, 15) is 25.2 Å². The first-order valence-corrected chi connectivity index (χ1v) is 6.17. The summed E-state index contributed by atoms with van der Waals surface area (Å²) in [4.78, 5) is 10.6. The van der Waals surface area contributed by atoms with Crippen molar-refractivity contribution in [3.8, 4) is 0 Å². The standard InChI is InChI=1S/C13H17NO6.Na/c1-6-9(15)10(16)11(17)12(20-6)14-8-4-2-7(3-5-8)13(18)19;/h2-6,9-12,14-17H,1H3,(H,18,19);/q;+1/p-1/t6-,9-,10+,11+,12?;/m0./s1. The third-order valence-corrected chi connectivity index (χ3v) is 3.28. The van der Waals surface area contributed by atoms with Crippen LogP contribution in [0.3, 0.4) is 0 Å². The molecule has 1 saturated heterocycles. The molecule has 0 aromatic heterocycles. The molecule has 8 heteroatoms. The number of benzene rings is 1. The van der Waals surface area contributed by atoms with Crippen LogP contribution in [0, 0.1) is 0 Å². The van der Waals surface area contributed by atoms with Crippen molar-refractivity contribution in [3.63, 3.8) is 0 Å². The van der Waals surface area contributed by atoms with Gasteiger partial charge >= 0.3 is 29.6 Å². The monoisotopic (exact) mass is 305 g/mol. The van der Waals surface area contributed by atoms with Crippen LogP contribution in [0.4, 0.5) is 5.69 Å². The Hall–Kier alpha value is -0.670. The minimum Gasteiger partial charge on any atom is -0.545 e. The number of ether oxygens (including phenoxy) is 1. The summed E-state index contributed by atoms with van der Waals surface area (Å²) in [5.41, 5.74) is 0.541. The van der Waals surface area contributed by atoms with Gasteiger partial charge < -0.3 is 35.3 Å². The number of nitrogens with one attached hydrogen (secondary N) is 1. The molecular formula is C13H16NNaO6. The van der Waals surface area contributed by atoms with Crippen LogP contribution in [0.25, 0.3) is 0 Å². The van der Waals surface area contributed by atoms with Crippen molar-refractivity contribution in [1.82, 2.24) is 0 Å². The van der Waals surface area contributed by atoms with Crippen molar-refractivity contribution in [2.75, 3.05) is 5.32 Å². The van der Waals surface area contributed by atoms with Crippen LogP contribution < -0.4 is 40.0 Å². The van der Waals surface area contributed by atoms with Gasteiger partial charge in [-0.05, 0) is 24.6 Å². The maximum atomic E-state index is 10.6. The fraction of sp³-hybridized carbons (Fsp3) is 0.462. The summed E-state index contributed by atoms with van der Waals surface area (Å²) >= 11 is 0. The Balaban J connectivity index is 0.00000220. The van der Waals surface area contributed by atoms with E-state index in [0.717, 1.165) is 0 Å². The van der Waals surface area contributed by atoms with Crippen LogP contribution in [-0.2, 0) is 4.74 Å². The quantitative estimate of drug-likeness (QED) is 0.414. The van der Waals surface area contributed by atoms with Gasteiger partial charge in [0.2, 0.25) is 0 Å². The van der Waals surface area contributed by atoms with Gasteiger partial charge in [-0.2, -0.15) is 0 Å². The van der Waals surface area contributed by atoms with E-state index in [1.54, 1.807) is 6.92 Å². The van der Waals surface area contributed by atoms with Crippen LogP contribution in [0.2, 0.25) is 0 Å². The van der Waals surface area contributed by atoms with Gasteiger partial charge in [-0.15, -0.1) is 0 Å². The summed E-state index contributed by atoms with van der Waals surface area (Å²) in [5.74, 6) is -1.28. The van der Waals surface area contributed by atoms with Gasteiger partial charge in [0.05, 0.1) is 12.1 Å². The number of carbonyl (C=O) groups is 1. The molecule has 0 spiro atoms. The molecule has 0 saturated carbocycles. The Labute approximate surface area is 143 Å². The molecule has 2 rings (SSSR count). The molecule has 110 valence electrons. The van der Waals surface area contributed by atoms with Crippen LogP contribution in [0.1, 0.15) is 17.3 Å². The summed E-state index contributed by atoms with van der Waals surface area (Å²) in [5, 5.41) is 42.5. The molecule has 21 heavy (non-hydrogen) atoms. The van der Waals surface area contributed by atoms with E-state index in [-0.39, 0.29) is 35.1 Å². The van der Waals surface area contributed by atoms with E-state index in [1.165, 1.54) is 24.3 Å². The largest absolute Gasteiger partial charge is 1.00 e. The van der Waals surface area contributed by atoms with Gasteiger partial charge in [0, 0.05) is 5.69 Å². The summed E-state index contributed by atoms with van der Waals surface area (Å²) in [6, 6.07) is 5.68. The van der Waals surface area contributed by atoms with E-state index >= 15 is 0 Å². The fourth-order valence-electron chi connectivity index (χ4n) is 2.04. The van der Waals surface area contributed by atoms with Crippen molar-refractivity contribution < 1.29 is 59.5 Å². The van der Waals surface area contributed by atoms with Crippen LogP contribution >= 0.6 is 0 Å². The molecule has 1 unspecified atom stereocenters. The smallest absolute Gasteiger partial charge is 0.545 e. The molecule has 5 atom stereocenters. The van der Waals surface area contributed by atoms with Gasteiger partial charge in [-0.1, -0.05) is 12.1 Å². The maximum absolute atomic E-state index is 10.6. The molecule has 1 heterocycles. The van der Waals surface area contributed by atoms with Gasteiger partial charge in [0.25, 0.3) is 0 Å². The Kier molecular flexibility index (Phi) is 6.61. The molecule has 0 radical (unpaired) electrons. The number of rotatable bonds is 3. The molecule has 0 bridgehead atoms. The second-order valence-corrected chi connectivity index (χ2v) is 4.74. The van der Waals surface area contributed by atoms with Crippen molar-refractivity contribution in [3.05, 3.63) is 29.8 Å². The third kappa shape index (κ3) is 4.17. The molecule has 1 aliphatic rings. The molecule has 7 nitrogen and oxygen atoms in total. The number of aliphatic hydroxyl groups excluding tert-OH is 3. The van der Waals surface area contributed by atoms with E-state index in [4.69, 9.17) is 4.74 Å². The normalized spacial score (nSPS) is 32.1. The van der Waals surface area contributed by atoms with Crippen molar-refractivity contribution in [1.29, 1.82) is 0 Å². The van der Waals surface area contributed by atoms with E-state index in [2.05, 4.69) is 5.32 Å². The minimum absolute atomic E-state index is 0. The molecule has 0 aliphatic carbocycles. The summed E-state index contributed by atoms with van der Waals surface area (Å²) in [7, 11) is 0. The fourth-order valence-corrected chi connectivity index (χ4v) is 2.04. The number of anilines is 1. The van der Waals surface area contributed by atoms with Gasteiger partial charge in [-0.3, -0.25) is 0 Å².